The Balaban J connectivity index is 1.02. The topological polar surface area (TPSA) is 69.4 Å². The van der Waals surface area contributed by atoms with Gasteiger partial charge in [0.2, 0.25) is 0 Å². The van der Waals surface area contributed by atoms with Crippen molar-refractivity contribution in [3.8, 4) is 73.6 Å². The number of rotatable bonds is 7. The van der Waals surface area contributed by atoms with Crippen LogP contribution in [-0.2, 0) is 0 Å². The van der Waals surface area contributed by atoms with E-state index >= 15 is 0 Å². The predicted octanol–water partition coefficient (Wildman–Crippen LogP) is 12.9. The van der Waals surface area contributed by atoms with Crippen LogP contribution in [0.2, 0.25) is 0 Å². The van der Waals surface area contributed by atoms with Gasteiger partial charge in [-0.05, 0) is 68.6 Å². The van der Waals surface area contributed by atoms with Crippen LogP contribution in [0.3, 0.4) is 0 Å². The second-order valence-electron chi connectivity index (χ2n) is 14.5. The van der Waals surface area contributed by atoms with E-state index in [-0.39, 0.29) is 0 Å². The normalized spacial score (nSPS) is 11.4. The summed E-state index contributed by atoms with van der Waals surface area (Å²) in [6.45, 7) is 0. The van der Waals surface area contributed by atoms with E-state index in [2.05, 4.69) is 132 Å². The second-order valence-corrected chi connectivity index (χ2v) is 14.5. The van der Waals surface area contributed by atoms with Crippen molar-refractivity contribution < 1.29 is 0 Å². The number of hydrogen-bond donors (Lipinski definition) is 0. The van der Waals surface area contributed by atoms with Crippen LogP contribution >= 0.6 is 0 Å². The molecule has 11 rings (SSSR count). The molecule has 3 heterocycles. The molecule has 0 N–H and O–H groups in total. The number of para-hydroxylation sites is 3. The van der Waals surface area contributed by atoms with Crippen molar-refractivity contribution in [3.63, 3.8) is 0 Å². The molecule has 0 saturated heterocycles. The van der Waals surface area contributed by atoms with Crippen LogP contribution < -0.4 is 0 Å². The summed E-state index contributed by atoms with van der Waals surface area (Å²) in [7, 11) is 0. The monoisotopic (exact) mass is 754 g/mol. The molecule has 276 valence electrons. The molecule has 59 heavy (non-hydrogen) atoms. The summed E-state index contributed by atoms with van der Waals surface area (Å²) in [5, 5.41) is 4.66. The Hall–Kier alpha value is -8.09. The number of nitrogens with zero attached hydrogens (tertiary/aromatic N) is 6. The van der Waals surface area contributed by atoms with Gasteiger partial charge in [0, 0.05) is 34.1 Å². The lowest BCUT2D eigenvalue weighted by Crippen LogP contribution is -2.00. The van der Waals surface area contributed by atoms with Crippen molar-refractivity contribution in [3.05, 3.63) is 206 Å². The Morgan fingerprint density at radius 1 is 0.322 bits per heavy atom. The summed E-state index contributed by atoms with van der Waals surface area (Å²) in [5.74, 6) is 2.72. The van der Waals surface area contributed by atoms with E-state index < -0.39 is 0 Å². The van der Waals surface area contributed by atoms with Gasteiger partial charge in [0.25, 0.3) is 0 Å². The molecule has 6 heteroatoms. The molecule has 0 fully saturated rings. The maximum Gasteiger partial charge on any atom is 0.164 e. The van der Waals surface area contributed by atoms with Gasteiger partial charge in [0.1, 0.15) is 5.69 Å². The number of aromatic nitrogens is 6. The van der Waals surface area contributed by atoms with Gasteiger partial charge in [0.15, 0.2) is 23.3 Å². The third kappa shape index (κ3) is 6.11. The van der Waals surface area contributed by atoms with Crippen LogP contribution in [0.1, 0.15) is 0 Å². The zero-order valence-corrected chi connectivity index (χ0v) is 31.8. The molecule has 0 unspecified atom stereocenters. The molecule has 0 spiro atoms. The minimum absolute atomic E-state index is 0.629. The molecule has 0 aliphatic carbocycles. The molecule has 8 aromatic carbocycles. The van der Waals surface area contributed by atoms with Gasteiger partial charge >= 0.3 is 0 Å². The molecule has 0 bridgehead atoms. The average Bonchev–Trinajstić information content (AvgIpc) is 3.71. The molecule has 0 radical (unpaired) electrons. The fourth-order valence-corrected chi connectivity index (χ4v) is 8.18. The Bertz CT molecular complexity index is 3170. The minimum Gasteiger partial charge on any atom is -0.291 e. The Morgan fingerprint density at radius 3 is 1.27 bits per heavy atom. The third-order valence-electron chi connectivity index (χ3n) is 10.9. The van der Waals surface area contributed by atoms with E-state index in [4.69, 9.17) is 24.9 Å². The van der Waals surface area contributed by atoms with Gasteiger partial charge in [-0.2, -0.15) is 0 Å². The number of hydrogen-bond acceptors (Lipinski definition) is 5. The average molecular weight is 755 g/mol. The van der Waals surface area contributed by atoms with Crippen molar-refractivity contribution in [1.82, 2.24) is 29.5 Å². The van der Waals surface area contributed by atoms with Crippen molar-refractivity contribution in [2.75, 3.05) is 0 Å². The van der Waals surface area contributed by atoms with Crippen LogP contribution in [0.25, 0.3) is 106 Å². The maximum absolute atomic E-state index is 5.09. The molecular formula is C53H34N6. The van der Waals surface area contributed by atoms with Crippen molar-refractivity contribution in [2.24, 2.45) is 0 Å². The molecule has 11 aromatic rings. The zero-order valence-electron chi connectivity index (χ0n) is 31.8. The molecule has 0 aliphatic rings. The lowest BCUT2D eigenvalue weighted by Gasteiger charge is -2.18. The first kappa shape index (κ1) is 34.2. The molecule has 0 amide bonds. The number of fused-ring (bicyclic) bond motifs is 3. The van der Waals surface area contributed by atoms with E-state index in [9.17, 15) is 0 Å². The first-order valence-electron chi connectivity index (χ1n) is 19.7. The van der Waals surface area contributed by atoms with Crippen LogP contribution in [0.5, 0.6) is 0 Å². The Labute approximate surface area is 340 Å². The highest BCUT2D eigenvalue weighted by Crippen LogP contribution is 2.44. The van der Waals surface area contributed by atoms with Crippen LogP contribution in [-0.4, -0.2) is 29.5 Å². The van der Waals surface area contributed by atoms with Gasteiger partial charge in [-0.15, -0.1) is 0 Å². The lowest BCUT2D eigenvalue weighted by molar-refractivity contribution is 1.07. The number of pyridine rings is 1. The Kier molecular flexibility index (Phi) is 8.37. The highest BCUT2D eigenvalue weighted by Gasteiger charge is 2.20. The maximum atomic E-state index is 5.09. The van der Waals surface area contributed by atoms with E-state index in [0.29, 0.717) is 17.5 Å². The summed E-state index contributed by atoms with van der Waals surface area (Å²) in [6.07, 6.45) is 1.99. The molecule has 0 saturated carbocycles. The fraction of sp³-hybridized carbons (Fsp3) is 0. The molecule has 0 atom stereocenters. The summed E-state index contributed by atoms with van der Waals surface area (Å²) in [4.78, 5) is 25.0. The molecular weight excluding hydrogens is 721 g/mol. The van der Waals surface area contributed by atoms with E-state index in [1.54, 1.807) is 0 Å². The van der Waals surface area contributed by atoms with E-state index in [0.717, 1.165) is 72.4 Å². The summed E-state index contributed by atoms with van der Waals surface area (Å²) < 4.78 is 2.19. The number of imidazole rings is 1. The second kappa shape index (κ2) is 14.4. The fourth-order valence-electron chi connectivity index (χ4n) is 8.18. The summed E-state index contributed by atoms with van der Waals surface area (Å²) >= 11 is 0. The predicted molar refractivity (Wildman–Crippen MR) is 240 cm³/mol. The van der Waals surface area contributed by atoms with Gasteiger partial charge in [-0.3, -0.25) is 9.55 Å². The van der Waals surface area contributed by atoms with Crippen molar-refractivity contribution >= 4 is 32.6 Å². The van der Waals surface area contributed by atoms with Gasteiger partial charge in [-0.25, -0.2) is 19.9 Å². The summed E-state index contributed by atoms with van der Waals surface area (Å²) in [6, 6.07) is 69.0. The Morgan fingerprint density at radius 2 is 0.746 bits per heavy atom. The standard InChI is InChI=1S/C53H34N6/c1-4-16-36(17-5-1)50-56-51(37-18-6-2-7-19-37)58-52(57-50)38-30-28-35(29-31-38)48-41-22-10-12-24-43(41)49(44-25-13-11-23-42(44)48)39-32-33-46(54-34-39)53-55-45-26-14-15-27-47(45)59(53)40-20-8-3-9-21-40/h1-34H. The molecule has 0 aliphatic heterocycles. The van der Waals surface area contributed by atoms with E-state index in [1.807, 2.05) is 79.0 Å². The smallest absolute Gasteiger partial charge is 0.164 e. The van der Waals surface area contributed by atoms with Crippen molar-refractivity contribution in [1.29, 1.82) is 0 Å². The molecule has 3 aromatic heterocycles. The number of benzene rings is 8. The third-order valence-corrected chi connectivity index (χ3v) is 10.9. The highest BCUT2D eigenvalue weighted by molar-refractivity contribution is 6.21. The van der Waals surface area contributed by atoms with E-state index in [1.165, 1.54) is 16.3 Å². The van der Waals surface area contributed by atoms with Crippen LogP contribution in [0, 0.1) is 0 Å². The van der Waals surface area contributed by atoms with Crippen LogP contribution in [0.4, 0.5) is 0 Å². The van der Waals surface area contributed by atoms with Crippen LogP contribution in [0.15, 0.2) is 206 Å². The quantitative estimate of drug-likeness (QED) is 0.152. The highest BCUT2D eigenvalue weighted by atomic mass is 15.1. The summed E-state index contributed by atoms with van der Waals surface area (Å²) in [5.41, 5.74) is 11.1. The van der Waals surface area contributed by atoms with Gasteiger partial charge in [-0.1, -0.05) is 170 Å². The first-order valence-corrected chi connectivity index (χ1v) is 19.7. The van der Waals surface area contributed by atoms with Gasteiger partial charge in [0.05, 0.1) is 11.0 Å². The first-order chi connectivity index (χ1) is 29.3. The lowest BCUT2D eigenvalue weighted by atomic mass is 9.86. The zero-order chi connectivity index (χ0) is 39.1. The largest absolute Gasteiger partial charge is 0.291 e. The molecule has 6 nitrogen and oxygen atoms in total. The van der Waals surface area contributed by atoms with Crippen molar-refractivity contribution in [2.45, 2.75) is 0 Å². The van der Waals surface area contributed by atoms with Gasteiger partial charge < -0.3 is 0 Å². The SMILES string of the molecule is c1ccc(-c2nc(-c3ccccc3)nc(-c3ccc(-c4c5ccccc5c(-c5ccc(-c6nc7ccccc7n6-c6ccccc6)nc5)c5ccccc45)cc3)n2)cc1. The minimum atomic E-state index is 0.629.